The number of nitrogens with one attached hydrogen (secondary N) is 1. The van der Waals surface area contributed by atoms with Gasteiger partial charge in [0.1, 0.15) is 11.6 Å². The number of halogens is 3. The zero-order chi connectivity index (χ0) is 14.7. The highest BCUT2D eigenvalue weighted by atomic mass is 79.9. The second-order valence-electron chi connectivity index (χ2n) is 4.63. The van der Waals surface area contributed by atoms with Gasteiger partial charge in [0.2, 0.25) is 0 Å². The number of hydrogen-bond acceptors (Lipinski definition) is 1. The van der Waals surface area contributed by atoms with Crippen molar-refractivity contribution in [3.05, 3.63) is 69.2 Å². The molecule has 0 aliphatic carbocycles. The van der Waals surface area contributed by atoms with Crippen molar-refractivity contribution < 1.29 is 8.78 Å². The van der Waals surface area contributed by atoms with Gasteiger partial charge in [-0.15, -0.1) is 0 Å². The van der Waals surface area contributed by atoms with Crippen LogP contribution in [0, 0.1) is 18.6 Å². The van der Waals surface area contributed by atoms with Crippen LogP contribution >= 0.6 is 15.9 Å². The van der Waals surface area contributed by atoms with E-state index in [2.05, 4.69) is 21.2 Å². The largest absolute Gasteiger partial charge is 0.306 e. The number of aryl methyl sites for hydroxylation is 1. The first-order valence-corrected chi connectivity index (χ1v) is 7.27. The van der Waals surface area contributed by atoms with Crippen molar-refractivity contribution in [2.45, 2.75) is 19.9 Å². The van der Waals surface area contributed by atoms with Gasteiger partial charge in [0.05, 0.1) is 6.04 Å². The van der Waals surface area contributed by atoms with Crippen LogP contribution in [-0.2, 0) is 0 Å². The summed E-state index contributed by atoms with van der Waals surface area (Å²) in [6.45, 7) is 4.50. The zero-order valence-electron chi connectivity index (χ0n) is 11.4. The summed E-state index contributed by atoms with van der Waals surface area (Å²) in [4.78, 5) is 0. The summed E-state index contributed by atoms with van der Waals surface area (Å²) < 4.78 is 28.9. The Hall–Kier alpha value is -1.26. The highest BCUT2D eigenvalue weighted by Crippen LogP contribution is 2.29. The van der Waals surface area contributed by atoms with Gasteiger partial charge in [-0.25, -0.2) is 8.78 Å². The molecule has 1 atom stereocenters. The number of hydrogen-bond donors (Lipinski definition) is 1. The molecule has 2 rings (SSSR count). The SMILES string of the molecule is CCNC(c1ccc(C)c(Br)c1)c1c(F)cccc1F. The van der Waals surface area contributed by atoms with Crippen LogP contribution in [-0.4, -0.2) is 6.54 Å². The Morgan fingerprint density at radius 1 is 1.15 bits per heavy atom. The fourth-order valence-electron chi connectivity index (χ4n) is 2.17. The molecule has 0 fully saturated rings. The number of rotatable bonds is 4. The molecule has 0 aliphatic heterocycles. The summed E-state index contributed by atoms with van der Waals surface area (Å²) in [6.07, 6.45) is 0. The van der Waals surface area contributed by atoms with Crippen molar-refractivity contribution in [3.63, 3.8) is 0 Å². The first-order chi connectivity index (χ1) is 9.54. The molecule has 1 nitrogen and oxygen atoms in total. The predicted octanol–water partition coefficient (Wildman–Crippen LogP) is 4.73. The normalized spacial score (nSPS) is 12.4. The number of benzene rings is 2. The van der Waals surface area contributed by atoms with Crippen molar-refractivity contribution in [1.82, 2.24) is 5.32 Å². The second kappa shape index (κ2) is 6.46. The highest BCUT2D eigenvalue weighted by Gasteiger charge is 2.21. The molecule has 0 saturated heterocycles. The molecule has 0 spiro atoms. The molecule has 0 radical (unpaired) electrons. The molecule has 0 saturated carbocycles. The molecule has 0 amide bonds. The van der Waals surface area contributed by atoms with Crippen molar-refractivity contribution in [2.75, 3.05) is 6.54 Å². The summed E-state index contributed by atoms with van der Waals surface area (Å²) in [7, 11) is 0. The van der Waals surface area contributed by atoms with Crippen LogP contribution < -0.4 is 5.32 Å². The van der Waals surface area contributed by atoms with Gasteiger partial charge < -0.3 is 5.32 Å². The van der Waals surface area contributed by atoms with Gasteiger partial charge in [-0.3, -0.25) is 0 Å². The lowest BCUT2D eigenvalue weighted by Crippen LogP contribution is -2.24. The average molecular weight is 340 g/mol. The van der Waals surface area contributed by atoms with Gasteiger partial charge in [0, 0.05) is 10.0 Å². The monoisotopic (exact) mass is 339 g/mol. The van der Waals surface area contributed by atoms with Gasteiger partial charge in [0.15, 0.2) is 0 Å². The first-order valence-electron chi connectivity index (χ1n) is 6.48. The summed E-state index contributed by atoms with van der Waals surface area (Å²) in [5.74, 6) is -1.07. The fourth-order valence-corrected chi connectivity index (χ4v) is 2.56. The summed E-state index contributed by atoms with van der Waals surface area (Å²) in [6, 6.07) is 9.16. The lowest BCUT2D eigenvalue weighted by atomic mass is 9.97. The van der Waals surface area contributed by atoms with E-state index in [9.17, 15) is 8.78 Å². The van der Waals surface area contributed by atoms with E-state index in [1.807, 2.05) is 32.0 Å². The van der Waals surface area contributed by atoms with Crippen LogP contribution in [0.4, 0.5) is 8.78 Å². The molecular formula is C16H16BrF2N. The van der Waals surface area contributed by atoms with E-state index in [0.717, 1.165) is 15.6 Å². The fraction of sp³-hybridized carbons (Fsp3) is 0.250. The van der Waals surface area contributed by atoms with E-state index in [1.165, 1.54) is 18.2 Å². The molecule has 20 heavy (non-hydrogen) atoms. The Morgan fingerprint density at radius 2 is 1.80 bits per heavy atom. The topological polar surface area (TPSA) is 12.0 Å². The van der Waals surface area contributed by atoms with Crippen LogP contribution in [0.2, 0.25) is 0 Å². The van der Waals surface area contributed by atoms with Crippen LogP contribution in [0.15, 0.2) is 40.9 Å². The summed E-state index contributed by atoms with van der Waals surface area (Å²) >= 11 is 3.46. The Morgan fingerprint density at radius 3 is 2.35 bits per heavy atom. The van der Waals surface area contributed by atoms with E-state index in [-0.39, 0.29) is 5.56 Å². The van der Waals surface area contributed by atoms with E-state index in [4.69, 9.17) is 0 Å². The minimum Gasteiger partial charge on any atom is -0.306 e. The molecule has 0 aromatic heterocycles. The maximum Gasteiger partial charge on any atom is 0.131 e. The van der Waals surface area contributed by atoms with Gasteiger partial charge in [0.25, 0.3) is 0 Å². The smallest absolute Gasteiger partial charge is 0.131 e. The molecule has 0 heterocycles. The third kappa shape index (κ3) is 3.07. The quantitative estimate of drug-likeness (QED) is 0.848. The van der Waals surface area contributed by atoms with Crippen molar-refractivity contribution in [2.24, 2.45) is 0 Å². The maximum atomic E-state index is 14.0. The molecule has 0 bridgehead atoms. The Balaban J connectivity index is 2.53. The van der Waals surface area contributed by atoms with Gasteiger partial charge >= 0.3 is 0 Å². The standard InChI is InChI=1S/C16H16BrF2N/c1-3-20-16(11-8-7-10(2)12(17)9-11)15-13(18)5-4-6-14(15)19/h4-9,16,20H,3H2,1-2H3. The minimum atomic E-state index is -0.535. The third-order valence-corrected chi connectivity index (χ3v) is 4.08. The lowest BCUT2D eigenvalue weighted by Gasteiger charge is -2.20. The van der Waals surface area contributed by atoms with Crippen LogP contribution in [0.1, 0.15) is 29.7 Å². The van der Waals surface area contributed by atoms with Crippen molar-refractivity contribution in [3.8, 4) is 0 Å². The minimum absolute atomic E-state index is 0.0603. The first kappa shape index (κ1) is 15.1. The Labute approximate surface area is 126 Å². The zero-order valence-corrected chi connectivity index (χ0v) is 13.0. The maximum absolute atomic E-state index is 14.0. The molecule has 2 aromatic rings. The molecular weight excluding hydrogens is 324 g/mol. The summed E-state index contributed by atoms with van der Waals surface area (Å²) in [5, 5.41) is 3.14. The predicted molar refractivity (Wildman–Crippen MR) is 80.8 cm³/mol. The second-order valence-corrected chi connectivity index (χ2v) is 5.49. The highest BCUT2D eigenvalue weighted by molar-refractivity contribution is 9.10. The molecule has 4 heteroatoms. The van der Waals surface area contributed by atoms with Crippen LogP contribution in [0.3, 0.4) is 0 Å². The van der Waals surface area contributed by atoms with E-state index < -0.39 is 17.7 Å². The summed E-state index contributed by atoms with van der Waals surface area (Å²) in [5.41, 5.74) is 1.97. The lowest BCUT2D eigenvalue weighted by molar-refractivity contribution is 0.510. The van der Waals surface area contributed by atoms with E-state index in [1.54, 1.807) is 0 Å². The van der Waals surface area contributed by atoms with Gasteiger partial charge in [-0.2, -0.15) is 0 Å². The molecule has 106 valence electrons. The van der Waals surface area contributed by atoms with E-state index >= 15 is 0 Å². The molecule has 1 N–H and O–H groups in total. The van der Waals surface area contributed by atoms with Crippen molar-refractivity contribution >= 4 is 15.9 Å². The molecule has 2 aromatic carbocycles. The average Bonchev–Trinajstić information content (AvgIpc) is 2.41. The third-order valence-electron chi connectivity index (χ3n) is 3.23. The van der Waals surface area contributed by atoms with Crippen LogP contribution in [0.25, 0.3) is 0 Å². The van der Waals surface area contributed by atoms with Crippen LogP contribution in [0.5, 0.6) is 0 Å². The molecule has 0 aliphatic rings. The van der Waals surface area contributed by atoms with E-state index in [0.29, 0.717) is 6.54 Å². The van der Waals surface area contributed by atoms with Gasteiger partial charge in [-0.05, 0) is 42.8 Å². The molecule has 1 unspecified atom stereocenters. The Kier molecular flexibility index (Phi) is 4.89. The Bertz CT molecular complexity index is 593. The van der Waals surface area contributed by atoms with Crippen molar-refractivity contribution in [1.29, 1.82) is 0 Å². The van der Waals surface area contributed by atoms with Gasteiger partial charge in [-0.1, -0.05) is 41.1 Å².